The minimum absolute atomic E-state index is 0.0341. The zero-order chi connectivity index (χ0) is 39.6. The zero-order valence-electron chi connectivity index (χ0n) is 31.6. The molecule has 8 N–H and O–H groups in total. The minimum atomic E-state index is -0.306. The molecule has 0 heterocycles. The Kier molecular flexibility index (Phi) is 38.5. The van der Waals surface area contributed by atoms with Gasteiger partial charge in [-0.15, -0.1) is 0 Å². The summed E-state index contributed by atoms with van der Waals surface area (Å²) in [4.78, 5) is 53.4. The fraction of sp³-hybridized carbons (Fsp3) is 0.875. The van der Waals surface area contributed by atoms with Gasteiger partial charge in [-0.25, -0.2) is 0 Å². The van der Waals surface area contributed by atoms with Crippen LogP contribution in [0.4, 0.5) is 0 Å². The van der Waals surface area contributed by atoms with E-state index in [9.17, 15) is 19.2 Å². The summed E-state index contributed by atoms with van der Waals surface area (Å²) in [5, 5.41) is 14.5. The van der Waals surface area contributed by atoms with Gasteiger partial charge in [-0.3, -0.25) is 24.1 Å². The molecule has 22 nitrogen and oxygen atoms in total. The van der Waals surface area contributed by atoms with E-state index < -0.39 is 0 Å². The van der Waals surface area contributed by atoms with Crippen molar-refractivity contribution in [3.8, 4) is 0 Å². The summed E-state index contributed by atoms with van der Waals surface area (Å²) < 4.78 is 42.3. The van der Waals surface area contributed by atoms with Gasteiger partial charge in [-0.05, 0) is 12.0 Å². The van der Waals surface area contributed by atoms with E-state index in [1.54, 1.807) is 4.90 Å². The van der Waals surface area contributed by atoms with Gasteiger partial charge in [0.05, 0.1) is 99.0 Å². The lowest BCUT2D eigenvalue weighted by Crippen LogP contribution is -2.45. The monoisotopic (exact) mass is 780 g/mol. The van der Waals surface area contributed by atoms with Crippen LogP contribution in [-0.4, -0.2) is 200 Å². The van der Waals surface area contributed by atoms with Gasteiger partial charge >= 0.3 is 0 Å². The van der Waals surface area contributed by atoms with Crippen molar-refractivity contribution < 1.29 is 57.1 Å². The summed E-state index contributed by atoms with van der Waals surface area (Å²) in [7, 11) is 0. The molecule has 0 aromatic rings. The van der Waals surface area contributed by atoms with E-state index in [1.165, 1.54) is 0 Å². The number of hydrogen-bond acceptors (Lipinski definition) is 16. The predicted octanol–water partition coefficient (Wildman–Crippen LogP) is -3.11. The fourth-order valence-electron chi connectivity index (χ4n) is 3.98. The van der Waals surface area contributed by atoms with Gasteiger partial charge in [0.2, 0.25) is 23.6 Å². The van der Waals surface area contributed by atoms with Crippen molar-refractivity contribution in [2.24, 2.45) is 16.6 Å². The maximum Gasteiger partial charge on any atom is 0.246 e. The number of nitrogens with zero attached hydrogens (tertiary/aromatic N) is 4. The molecule has 314 valence electrons. The highest BCUT2D eigenvalue weighted by atomic mass is 16.6. The molecule has 0 saturated heterocycles. The van der Waals surface area contributed by atoms with Crippen LogP contribution in [0, 0.1) is 0 Å². The molecule has 0 aliphatic rings. The quantitative estimate of drug-likeness (QED) is 0.0155. The van der Waals surface area contributed by atoms with Crippen LogP contribution in [0.25, 0.3) is 10.4 Å². The first-order valence-electron chi connectivity index (χ1n) is 18.2. The van der Waals surface area contributed by atoms with Crippen LogP contribution in [0.15, 0.2) is 5.11 Å². The molecule has 0 saturated carbocycles. The Morgan fingerprint density at radius 1 is 0.519 bits per heavy atom. The summed E-state index contributed by atoms with van der Waals surface area (Å²) in [5.41, 5.74) is 18.9. The Bertz CT molecular complexity index is 949. The molecule has 0 fully saturated rings. The second-order valence-electron chi connectivity index (χ2n) is 11.1. The van der Waals surface area contributed by atoms with E-state index in [0.717, 1.165) is 0 Å². The number of azide groups is 1. The van der Waals surface area contributed by atoms with Gasteiger partial charge < -0.3 is 70.6 Å². The number of carbonyl (C=O) groups excluding carboxylic acids is 4. The van der Waals surface area contributed by atoms with E-state index in [2.05, 4.69) is 31.3 Å². The van der Waals surface area contributed by atoms with Gasteiger partial charge in [0.25, 0.3) is 0 Å². The molecule has 0 spiro atoms. The molecular weight excluding hydrogens is 716 g/mol. The number of nitrogens with one attached hydrogen (secondary N) is 4. The second-order valence-corrected chi connectivity index (χ2v) is 11.1. The lowest BCUT2D eigenvalue weighted by molar-refractivity contribution is -0.126. The molecule has 0 atom stereocenters. The number of amides is 4. The number of rotatable bonds is 41. The molecule has 0 aromatic heterocycles. The lowest BCUT2D eigenvalue weighted by Gasteiger charge is -2.22. The molecule has 22 heteroatoms. The number of nitrogens with two attached hydrogens (primary N) is 2. The third-order valence-electron chi connectivity index (χ3n) is 6.59. The van der Waals surface area contributed by atoms with Crippen molar-refractivity contribution >= 4 is 23.6 Å². The first-order chi connectivity index (χ1) is 26.4. The smallest absolute Gasteiger partial charge is 0.246 e. The molecule has 0 aliphatic heterocycles. The van der Waals surface area contributed by atoms with Gasteiger partial charge in [-0.2, -0.15) is 0 Å². The van der Waals surface area contributed by atoms with E-state index in [1.807, 2.05) is 0 Å². The van der Waals surface area contributed by atoms with Gasteiger partial charge in [0.1, 0.15) is 13.2 Å². The van der Waals surface area contributed by atoms with Crippen LogP contribution < -0.4 is 32.7 Å². The molecule has 0 rings (SSSR count). The van der Waals surface area contributed by atoms with Crippen LogP contribution in [0.1, 0.15) is 12.8 Å². The largest absolute Gasteiger partial charge is 0.379 e. The van der Waals surface area contributed by atoms with E-state index in [0.29, 0.717) is 118 Å². The topological polar surface area (TPSA) is 294 Å². The molecule has 0 bridgehead atoms. The van der Waals surface area contributed by atoms with Crippen molar-refractivity contribution in [2.75, 3.05) is 171 Å². The normalized spacial score (nSPS) is 10.9. The SMILES string of the molecule is [N-]=[N+]=NCCOCCOCCOCCOCCC(=O)NCCCNC(=O)CN(CCNC(=O)COCCOCCN)CCNC(=O)COCCOCCN. The van der Waals surface area contributed by atoms with Crippen LogP contribution in [0.3, 0.4) is 0 Å². The second kappa shape index (κ2) is 40.9. The van der Waals surface area contributed by atoms with E-state index in [-0.39, 0.29) is 89.3 Å². The highest BCUT2D eigenvalue weighted by Gasteiger charge is 2.12. The maximum atomic E-state index is 12.7. The summed E-state index contributed by atoms with van der Waals surface area (Å²) in [5.74, 6) is -1.02. The number of carbonyl (C=O) groups is 4. The highest BCUT2D eigenvalue weighted by Crippen LogP contribution is 1.91. The number of hydrogen-bond donors (Lipinski definition) is 6. The van der Waals surface area contributed by atoms with Gasteiger partial charge in [-0.1, -0.05) is 5.11 Å². The molecular formula is C32H64N10O12. The van der Waals surface area contributed by atoms with Crippen LogP contribution in [0.2, 0.25) is 0 Å². The summed E-state index contributed by atoms with van der Waals surface area (Å²) in [6, 6.07) is 0. The first kappa shape index (κ1) is 50.8. The molecule has 0 unspecified atom stereocenters. The average Bonchev–Trinajstić information content (AvgIpc) is 3.15. The Morgan fingerprint density at radius 2 is 0.926 bits per heavy atom. The molecule has 0 aromatic carbocycles. The number of ether oxygens (including phenoxy) is 8. The van der Waals surface area contributed by atoms with Crippen molar-refractivity contribution in [1.82, 2.24) is 26.2 Å². The van der Waals surface area contributed by atoms with Gasteiger partial charge in [0.15, 0.2) is 0 Å². The Hall–Kier alpha value is -3.25. The highest BCUT2D eigenvalue weighted by molar-refractivity contribution is 5.79. The Morgan fingerprint density at radius 3 is 1.41 bits per heavy atom. The van der Waals surface area contributed by atoms with Crippen molar-refractivity contribution in [3.63, 3.8) is 0 Å². The minimum Gasteiger partial charge on any atom is -0.379 e. The standard InChI is InChI=1S/C32H64N10O12/c33-3-13-48-22-24-53-27-31(45)38-7-10-42(11-8-39-32(46)28-54-25-23-49-14-4-34)26-30(44)37-6-1-5-36-29(43)2-12-47-16-18-51-20-21-52-19-17-50-15-9-40-41-35/h1-28,33-34H2,(H,36,43)(H,37,44)(H,38,45)(H,39,46). The molecule has 54 heavy (non-hydrogen) atoms. The lowest BCUT2D eigenvalue weighted by atomic mass is 10.3. The van der Waals surface area contributed by atoms with E-state index >= 15 is 0 Å². The summed E-state index contributed by atoms with van der Waals surface area (Å²) in [6.45, 7) is 7.83. The van der Waals surface area contributed by atoms with Gasteiger partial charge in [0, 0.05) is 70.2 Å². The van der Waals surface area contributed by atoms with Crippen molar-refractivity contribution in [1.29, 1.82) is 0 Å². The fourth-order valence-corrected chi connectivity index (χ4v) is 3.98. The van der Waals surface area contributed by atoms with Crippen molar-refractivity contribution in [2.45, 2.75) is 12.8 Å². The van der Waals surface area contributed by atoms with Crippen LogP contribution >= 0.6 is 0 Å². The first-order valence-corrected chi connectivity index (χ1v) is 18.2. The third-order valence-corrected chi connectivity index (χ3v) is 6.59. The Balaban J connectivity index is 4.17. The van der Waals surface area contributed by atoms with Crippen LogP contribution in [0.5, 0.6) is 0 Å². The molecule has 0 radical (unpaired) electrons. The molecule has 4 amide bonds. The third kappa shape index (κ3) is 38.5. The zero-order valence-corrected chi connectivity index (χ0v) is 31.6. The van der Waals surface area contributed by atoms with E-state index in [4.69, 9.17) is 54.9 Å². The molecule has 0 aliphatic carbocycles. The van der Waals surface area contributed by atoms with Crippen molar-refractivity contribution in [3.05, 3.63) is 10.4 Å². The van der Waals surface area contributed by atoms with Crippen LogP contribution in [-0.2, 0) is 57.1 Å². The Labute approximate surface area is 317 Å². The summed E-state index contributed by atoms with van der Waals surface area (Å²) >= 11 is 0. The average molecular weight is 781 g/mol. The maximum absolute atomic E-state index is 12.7. The summed E-state index contributed by atoms with van der Waals surface area (Å²) in [6.07, 6.45) is 0.721. The predicted molar refractivity (Wildman–Crippen MR) is 196 cm³/mol.